The van der Waals surface area contributed by atoms with Crippen molar-refractivity contribution in [2.75, 3.05) is 39.9 Å². The summed E-state index contributed by atoms with van der Waals surface area (Å²) in [4.78, 5) is 30.2. The van der Waals surface area contributed by atoms with Crippen molar-refractivity contribution in [3.05, 3.63) is 35.4 Å². The molecule has 3 rings (SSSR count). The Morgan fingerprint density at radius 1 is 1.07 bits per heavy atom. The van der Waals surface area contributed by atoms with Gasteiger partial charge in [-0.05, 0) is 50.2 Å². The predicted molar refractivity (Wildman–Crippen MR) is 124 cm³/mol. The maximum absolute atomic E-state index is 12.3. The number of aliphatic imine (C=N–C) groups is 1. The molecule has 1 aliphatic carbocycles. The van der Waals surface area contributed by atoms with Crippen molar-refractivity contribution in [2.45, 2.75) is 32.1 Å². The molecule has 2 aliphatic rings. The van der Waals surface area contributed by atoms with Crippen molar-refractivity contribution >= 4 is 41.8 Å². The maximum atomic E-state index is 12.3. The number of carbonyl (C=O) groups excluding carboxylic acids is 2. The number of nitrogens with zero attached hydrogens (tertiary/aromatic N) is 2. The van der Waals surface area contributed by atoms with Gasteiger partial charge in [-0.1, -0.05) is 12.1 Å². The van der Waals surface area contributed by atoms with E-state index in [0.29, 0.717) is 17.7 Å². The first-order valence-electron chi connectivity index (χ1n) is 10.2. The molecule has 29 heavy (non-hydrogen) atoms. The average molecular weight is 514 g/mol. The van der Waals surface area contributed by atoms with Crippen molar-refractivity contribution in [2.24, 2.45) is 10.9 Å². The van der Waals surface area contributed by atoms with Crippen LogP contribution < -0.4 is 10.6 Å². The Bertz CT molecular complexity index is 687. The lowest BCUT2D eigenvalue weighted by Gasteiger charge is -2.15. The third-order valence-electron chi connectivity index (χ3n) is 5.01. The second-order valence-electron chi connectivity index (χ2n) is 7.31. The van der Waals surface area contributed by atoms with E-state index in [9.17, 15) is 9.59 Å². The summed E-state index contributed by atoms with van der Waals surface area (Å²) in [6.07, 6.45) is 5.19. The number of benzene rings is 1. The smallest absolute Gasteiger partial charge is 0.261 e. The number of hydrogen-bond acceptors (Lipinski definition) is 4. The third kappa shape index (κ3) is 6.95. The molecule has 1 fully saturated rings. The van der Waals surface area contributed by atoms with E-state index in [-0.39, 0.29) is 35.8 Å². The number of amides is 2. The van der Waals surface area contributed by atoms with Crippen LogP contribution >= 0.6 is 24.0 Å². The van der Waals surface area contributed by atoms with E-state index in [4.69, 9.17) is 4.74 Å². The second-order valence-corrected chi connectivity index (χ2v) is 7.31. The van der Waals surface area contributed by atoms with Gasteiger partial charge >= 0.3 is 0 Å². The van der Waals surface area contributed by atoms with Crippen LogP contribution in [0.1, 0.15) is 52.8 Å². The summed E-state index contributed by atoms with van der Waals surface area (Å²) in [6, 6.07) is 7.00. The zero-order chi connectivity index (χ0) is 19.8. The molecule has 1 aliphatic heterocycles. The maximum Gasteiger partial charge on any atom is 0.261 e. The Kier molecular flexibility index (Phi) is 9.86. The number of carbonyl (C=O) groups is 2. The van der Waals surface area contributed by atoms with Crippen LogP contribution in [0.3, 0.4) is 0 Å². The van der Waals surface area contributed by atoms with Gasteiger partial charge in [0.2, 0.25) is 0 Å². The number of halogens is 1. The molecule has 0 unspecified atom stereocenters. The van der Waals surface area contributed by atoms with Crippen LogP contribution in [-0.4, -0.2) is 62.6 Å². The van der Waals surface area contributed by atoms with Gasteiger partial charge in [0.1, 0.15) is 0 Å². The third-order valence-corrected chi connectivity index (χ3v) is 5.01. The highest BCUT2D eigenvalue weighted by molar-refractivity contribution is 14.0. The first-order chi connectivity index (χ1) is 13.7. The van der Waals surface area contributed by atoms with Gasteiger partial charge in [-0.25, -0.2) is 0 Å². The van der Waals surface area contributed by atoms with E-state index in [1.807, 2.05) is 0 Å². The highest BCUT2D eigenvalue weighted by atomic mass is 127. The minimum Gasteiger partial charge on any atom is -0.381 e. The van der Waals surface area contributed by atoms with Crippen molar-refractivity contribution in [3.8, 4) is 0 Å². The quantitative estimate of drug-likeness (QED) is 0.156. The van der Waals surface area contributed by atoms with E-state index >= 15 is 0 Å². The van der Waals surface area contributed by atoms with Gasteiger partial charge in [0.25, 0.3) is 11.8 Å². The molecule has 0 saturated heterocycles. The molecule has 0 atom stereocenters. The molecule has 8 heteroatoms. The number of hydrogen-bond donors (Lipinski definition) is 2. The van der Waals surface area contributed by atoms with Gasteiger partial charge in [0.15, 0.2) is 5.96 Å². The summed E-state index contributed by atoms with van der Waals surface area (Å²) in [7, 11) is 1.75. The number of guanidine groups is 1. The second kappa shape index (κ2) is 12.1. The summed E-state index contributed by atoms with van der Waals surface area (Å²) in [6.45, 7) is 3.68. The Morgan fingerprint density at radius 2 is 1.69 bits per heavy atom. The van der Waals surface area contributed by atoms with Gasteiger partial charge < -0.3 is 15.4 Å². The van der Waals surface area contributed by atoms with Crippen LogP contribution in [0.4, 0.5) is 0 Å². The minimum atomic E-state index is -0.185. The summed E-state index contributed by atoms with van der Waals surface area (Å²) in [5.41, 5.74) is 1.02. The van der Waals surface area contributed by atoms with Crippen LogP contribution in [0.2, 0.25) is 0 Å². The van der Waals surface area contributed by atoms with E-state index < -0.39 is 0 Å². The molecule has 0 aromatic heterocycles. The first kappa shape index (κ1) is 23.6. The van der Waals surface area contributed by atoms with Crippen LogP contribution in [0, 0.1) is 5.92 Å². The number of rotatable bonds is 11. The highest BCUT2D eigenvalue weighted by Gasteiger charge is 2.34. The largest absolute Gasteiger partial charge is 0.381 e. The number of unbranched alkanes of at least 4 members (excludes halogenated alkanes) is 1. The van der Waals surface area contributed by atoms with E-state index in [1.165, 1.54) is 17.7 Å². The number of ether oxygens (including phenoxy) is 1. The van der Waals surface area contributed by atoms with E-state index in [1.54, 1.807) is 31.3 Å². The minimum absolute atomic E-state index is 0. The predicted octanol–water partition coefficient (Wildman–Crippen LogP) is 2.66. The summed E-state index contributed by atoms with van der Waals surface area (Å²) < 4.78 is 5.62. The van der Waals surface area contributed by atoms with Gasteiger partial charge in [-0.2, -0.15) is 0 Å². The molecule has 1 saturated carbocycles. The van der Waals surface area contributed by atoms with Crippen LogP contribution in [0.15, 0.2) is 29.3 Å². The van der Waals surface area contributed by atoms with Crippen LogP contribution in [0.5, 0.6) is 0 Å². The molecule has 160 valence electrons. The fraction of sp³-hybridized carbons (Fsp3) is 0.571. The summed E-state index contributed by atoms with van der Waals surface area (Å²) in [5.74, 6) is 1.20. The van der Waals surface area contributed by atoms with Crippen molar-refractivity contribution in [1.29, 1.82) is 0 Å². The zero-order valence-corrected chi connectivity index (χ0v) is 19.3. The van der Waals surface area contributed by atoms with E-state index in [2.05, 4.69) is 15.6 Å². The fourth-order valence-electron chi connectivity index (χ4n) is 3.18. The lowest BCUT2D eigenvalue weighted by atomic mass is 10.1. The lowest BCUT2D eigenvalue weighted by Crippen LogP contribution is -2.38. The number of imide groups is 1. The van der Waals surface area contributed by atoms with Crippen molar-refractivity contribution in [3.63, 3.8) is 0 Å². The molecule has 2 amide bonds. The molecule has 1 aromatic carbocycles. The lowest BCUT2D eigenvalue weighted by molar-refractivity contribution is 0.0652. The van der Waals surface area contributed by atoms with Gasteiger partial charge in [0, 0.05) is 39.9 Å². The SMILES string of the molecule is CN=C(NCCCCN1C(=O)c2ccccc2C1=O)NCCCOCC1CC1.I. The molecule has 7 nitrogen and oxygen atoms in total. The first-order valence-corrected chi connectivity index (χ1v) is 10.2. The zero-order valence-electron chi connectivity index (χ0n) is 17.0. The normalized spacial score (nSPS) is 15.9. The monoisotopic (exact) mass is 514 g/mol. The van der Waals surface area contributed by atoms with E-state index in [0.717, 1.165) is 57.4 Å². The summed E-state index contributed by atoms with van der Waals surface area (Å²) in [5, 5.41) is 6.53. The summed E-state index contributed by atoms with van der Waals surface area (Å²) >= 11 is 0. The number of fused-ring (bicyclic) bond motifs is 1. The highest BCUT2D eigenvalue weighted by Crippen LogP contribution is 2.28. The van der Waals surface area contributed by atoms with Crippen molar-refractivity contribution in [1.82, 2.24) is 15.5 Å². The Labute approximate surface area is 189 Å². The molecular weight excluding hydrogens is 483 g/mol. The molecule has 1 heterocycles. The topological polar surface area (TPSA) is 83.0 Å². The average Bonchev–Trinajstić information content (AvgIpc) is 3.51. The molecule has 0 radical (unpaired) electrons. The number of nitrogens with one attached hydrogen (secondary N) is 2. The van der Waals surface area contributed by atoms with Gasteiger partial charge in [0.05, 0.1) is 11.1 Å². The molecular formula is C21H31IN4O3. The van der Waals surface area contributed by atoms with Crippen molar-refractivity contribution < 1.29 is 14.3 Å². The van der Waals surface area contributed by atoms with Gasteiger partial charge in [-0.15, -0.1) is 24.0 Å². The molecule has 0 bridgehead atoms. The van der Waals surface area contributed by atoms with Crippen LogP contribution in [-0.2, 0) is 4.74 Å². The Morgan fingerprint density at radius 3 is 2.28 bits per heavy atom. The van der Waals surface area contributed by atoms with Gasteiger partial charge in [-0.3, -0.25) is 19.5 Å². The van der Waals surface area contributed by atoms with Crippen LogP contribution in [0.25, 0.3) is 0 Å². The molecule has 2 N–H and O–H groups in total. The molecule has 0 spiro atoms. The fourth-order valence-corrected chi connectivity index (χ4v) is 3.18. The molecule has 1 aromatic rings. The standard InChI is InChI=1S/C21H30N4O3.HI/c1-22-21(24-12-6-14-28-15-16-9-10-16)23-11-4-5-13-25-19(26)17-7-2-3-8-18(17)20(25)27;/h2-3,7-8,16H,4-6,9-15H2,1H3,(H2,22,23,24);1H. The Hall–Kier alpha value is -1.68. The Balaban J connectivity index is 0.00000300.